The smallest absolute Gasteiger partial charge is 0.0943 e. The first kappa shape index (κ1) is 15.2. The summed E-state index contributed by atoms with van der Waals surface area (Å²) in [4.78, 5) is 8.22. The van der Waals surface area contributed by atoms with Gasteiger partial charge in [-0.15, -0.1) is 0 Å². The molecule has 1 aromatic carbocycles. The van der Waals surface area contributed by atoms with Crippen molar-refractivity contribution in [1.29, 1.82) is 0 Å². The number of nitrogens with zero attached hydrogens (tertiary/aromatic N) is 2. The number of rotatable bonds is 5. The van der Waals surface area contributed by atoms with Crippen LogP contribution >= 0.6 is 23.2 Å². The maximum Gasteiger partial charge on any atom is 0.0943 e. The lowest BCUT2D eigenvalue weighted by molar-refractivity contribution is 0.170. The minimum atomic E-state index is -0.782. The van der Waals surface area contributed by atoms with Gasteiger partial charge in [-0.3, -0.25) is 9.97 Å². The summed E-state index contributed by atoms with van der Waals surface area (Å²) in [6.07, 6.45) is 4.16. The lowest BCUT2D eigenvalue weighted by Crippen LogP contribution is -2.25. The molecule has 0 saturated carbocycles. The molecule has 1 aromatic heterocycles. The Bertz CT molecular complexity index is 545. The van der Waals surface area contributed by atoms with Crippen LogP contribution < -0.4 is 5.32 Å². The molecule has 2 aromatic rings. The summed E-state index contributed by atoms with van der Waals surface area (Å²) in [6, 6.07) is 5.13. The fourth-order valence-corrected chi connectivity index (χ4v) is 2.51. The lowest BCUT2D eigenvalue weighted by Gasteiger charge is -2.18. The van der Waals surface area contributed by atoms with Crippen molar-refractivity contribution in [1.82, 2.24) is 15.3 Å². The fourth-order valence-electron chi connectivity index (χ4n) is 1.86. The largest absolute Gasteiger partial charge is 0.387 e. The van der Waals surface area contributed by atoms with Gasteiger partial charge in [-0.25, -0.2) is 0 Å². The Morgan fingerprint density at radius 2 is 1.95 bits per heavy atom. The molecule has 6 heteroatoms. The van der Waals surface area contributed by atoms with Crippen molar-refractivity contribution in [2.75, 3.05) is 6.54 Å². The summed E-state index contributed by atoms with van der Waals surface area (Å²) in [6.45, 7) is 2.27. The summed E-state index contributed by atoms with van der Waals surface area (Å²) in [5, 5.41) is 14.3. The van der Waals surface area contributed by atoms with E-state index in [1.54, 1.807) is 36.8 Å². The first-order valence-electron chi connectivity index (χ1n) is 6.21. The lowest BCUT2D eigenvalue weighted by atomic mass is 10.1. The summed E-state index contributed by atoms with van der Waals surface area (Å²) in [7, 11) is 0. The molecule has 2 unspecified atom stereocenters. The second-order valence-electron chi connectivity index (χ2n) is 4.41. The molecular formula is C14H15Cl2N3O. The molecule has 0 radical (unpaired) electrons. The summed E-state index contributed by atoms with van der Waals surface area (Å²) in [5.74, 6) is 0. The zero-order valence-electron chi connectivity index (χ0n) is 10.9. The number of aromatic nitrogens is 2. The van der Waals surface area contributed by atoms with Crippen LogP contribution in [-0.4, -0.2) is 21.6 Å². The van der Waals surface area contributed by atoms with E-state index in [1.165, 1.54) is 0 Å². The van der Waals surface area contributed by atoms with Crippen molar-refractivity contribution in [3.05, 3.63) is 58.1 Å². The number of halogens is 2. The molecule has 0 aliphatic heterocycles. The van der Waals surface area contributed by atoms with E-state index in [-0.39, 0.29) is 6.04 Å². The van der Waals surface area contributed by atoms with E-state index in [0.29, 0.717) is 22.2 Å². The van der Waals surface area contributed by atoms with Gasteiger partial charge in [0.2, 0.25) is 0 Å². The van der Waals surface area contributed by atoms with Crippen LogP contribution in [0.3, 0.4) is 0 Å². The van der Waals surface area contributed by atoms with Gasteiger partial charge in [0.05, 0.1) is 11.8 Å². The van der Waals surface area contributed by atoms with Gasteiger partial charge in [-0.05, 0) is 19.1 Å². The highest BCUT2D eigenvalue weighted by Gasteiger charge is 2.16. The van der Waals surface area contributed by atoms with Crippen LogP contribution in [-0.2, 0) is 0 Å². The van der Waals surface area contributed by atoms with E-state index in [2.05, 4.69) is 15.3 Å². The molecule has 20 heavy (non-hydrogen) atoms. The molecule has 2 rings (SSSR count). The van der Waals surface area contributed by atoms with Crippen LogP contribution in [0.5, 0.6) is 0 Å². The highest BCUT2D eigenvalue weighted by Crippen LogP contribution is 2.30. The van der Waals surface area contributed by atoms with E-state index in [4.69, 9.17) is 23.2 Å². The first-order chi connectivity index (χ1) is 9.59. The van der Waals surface area contributed by atoms with Gasteiger partial charge < -0.3 is 10.4 Å². The Morgan fingerprint density at radius 1 is 1.25 bits per heavy atom. The van der Waals surface area contributed by atoms with Crippen molar-refractivity contribution in [3.8, 4) is 0 Å². The third kappa shape index (κ3) is 3.67. The molecule has 0 saturated heterocycles. The minimum absolute atomic E-state index is 0.0281. The zero-order valence-corrected chi connectivity index (χ0v) is 12.4. The topological polar surface area (TPSA) is 58.0 Å². The number of aliphatic hydroxyl groups is 1. The fraction of sp³-hybridized carbons (Fsp3) is 0.286. The predicted octanol–water partition coefficient (Wildman–Crippen LogP) is 3.17. The van der Waals surface area contributed by atoms with Crippen LogP contribution in [0.1, 0.15) is 30.3 Å². The van der Waals surface area contributed by atoms with Gasteiger partial charge >= 0.3 is 0 Å². The van der Waals surface area contributed by atoms with Crippen LogP contribution in [0, 0.1) is 0 Å². The molecule has 2 atom stereocenters. The van der Waals surface area contributed by atoms with Crippen molar-refractivity contribution in [2.24, 2.45) is 0 Å². The van der Waals surface area contributed by atoms with E-state index >= 15 is 0 Å². The van der Waals surface area contributed by atoms with Gasteiger partial charge in [0.15, 0.2) is 0 Å². The third-order valence-corrected chi connectivity index (χ3v) is 3.64. The van der Waals surface area contributed by atoms with Gasteiger partial charge in [-0.2, -0.15) is 0 Å². The van der Waals surface area contributed by atoms with Crippen LogP contribution in [0.4, 0.5) is 0 Å². The molecule has 106 valence electrons. The van der Waals surface area contributed by atoms with Crippen LogP contribution in [0.25, 0.3) is 0 Å². The van der Waals surface area contributed by atoms with Crippen molar-refractivity contribution < 1.29 is 5.11 Å². The molecular weight excluding hydrogens is 297 g/mol. The van der Waals surface area contributed by atoms with Gasteiger partial charge in [0.1, 0.15) is 0 Å². The normalized spacial score (nSPS) is 14.0. The monoisotopic (exact) mass is 311 g/mol. The average molecular weight is 312 g/mol. The quantitative estimate of drug-likeness (QED) is 0.890. The van der Waals surface area contributed by atoms with Gasteiger partial charge in [0, 0.05) is 46.8 Å². The Balaban J connectivity index is 2.00. The summed E-state index contributed by atoms with van der Waals surface area (Å²) < 4.78 is 0. The van der Waals surface area contributed by atoms with Crippen molar-refractivity contribution in [3.63, 3.8) is 0 Å². The van der Waals surface area contributed by atoms with Crippen LogP contribution in [0.2, 0.25) is 10.0 Å². The SMILES string of the molecule is CC(NCC(O)c1c(Cl)cccc1Cl)c1cnccn1. The molecule has 0 bridgehead atoms. The number of hydrogen-bond acceptors (Lipinski definition) is 4. The van der Waals surface area contributed by atoms with Crippen molar-refractivity contribution >= 4 is 23.2 Å². The number of hydrogen-bond donors (Lipinski definition) is 2. The molecule has 1 heterocycles. The molecule has 0 aliphatic carbocycles. The van der Waals surface area contributed by atoms with E-state index in [9.17, 15) is 5.11 Å². The first-order valence-corrected chi connectivity index (χ1v) is 6.96. The van der Waals surface area contributed by atoms with E-state index < -0.39 is 6.10 Å². The Kier molecular flexibility index (Phi) is 5.31. The second-order valence-corrected chi connectivity index (χ2v) is 5.23. The molecule has 0 spiro atoms. The summed E-state index contributed by atoms with van der Waals surface area (Å²) >= 11 is 12.1. The Hall–Kier alpha value is -1.20. The Morgan fingerprint density at radius 3 is 2.55 bits per heavy atom. The van der Waals surface area contributed by atoms with E-state index in [0.717, 1.165) is 5.69 Å². The molecule has 0 amide bonds. The zero-order chi connectivity index (χ0) is 14.5. The molecule has 4 nitrogen and oxygen atoms in total. The summed E-state index contributed by atoms with van der Waals surface area (Å²) in [5.41, 5.74) is 1.35. The standard InChI is InChI=1S/C14H15Cl2N3O/c1-9(12-7-17-5-6-18-12)19-8-13(20)14-10(15)3-2-4-11(14)16/h2-7,9,13,19-20H,8H2,1H3. The van der Waals surface area contributed by atoms with Gasteiger partial charge in [-0.1, -0.05) is 29.3 Å². The maximum atomic E-state index is 10.2. The van der Waals surface area contributed by atoms with Crippen LogP contribution in [0.15, 0.2) is 36.8 Å². The third-order valence-electron chi connectivity index (χ3n) is 2.98. The number of nitrogens with one attached hydrogen (secondary N) is 1. The highest BCUT2D eigenvalue weighted by atomic mass is 35.5. The number of benzene rings is 1. The predicted molar refractivity (Wildman–Crippen MR) is 79.9 cm³/mol. The highest BCUT2D eigenvalue weighted by molar-refractivity contribution is 6.36. The Labute approximate surface area is 127 Å². The average Bonchev–Trinajstić information content (AvgIpc) is 2.45. The maximum absolute atomic E-state index is 10.2. The minimum Gasteiger partial charge on any atom is -0.387 e. The van der Waals surface area contributed by atoms with E-state index in [1.807, 2.05) is 6.92 Å². The molecule has 0 fully saturated rings. The second kappa shape index (κ2) is 6.99. The number of aliphatic hydroxyl groups excluding tert-OH is 1. The molecule has 0 aliphatic rings. The molecule has 2 N–H and O–H groups in total. The van der Waals surface area contributed by atoms with Crippen molar-refractivity contribution in [2.45, 2.75) is 19.1 Å². The van der Waals surface area contributed by atoms with Gasteiger partial charge in [0.25, 0.3) is 0 Å².